The molecule has 2 aromatic heterocycles. The van der Waals surface area contributed by atoms with E-state index in [1.165, 1.54) is 0 Å². The summed E-state index contributed by atoms with van der Waals surface area (Å²) >= 11 is 0. The molecule has 0 fully saturated rings. The fourth-order valence-electron chi connectivity index (χ4n) is 1.31. The largest absolute Gasteiger partial charge is 0.326 e. The Morgan fingerprint density at radius 2 is 1.94 bits per heavy atom. The fraction of sp³-hybridized carbons (Fsp3) is 0.0833. The number of carbonyl (C=O) groups excluding carboxylic acids is 1. The summed E-state index contributed by atoms with van der Waals surface area (Å²) in [5.41, 5.74) is 1.50. The predicted octanol–water partition coefficient (Wildman–Crippen LogP) is 1.66. The molecule has 0 atom stereocenters. The Balaban J connectivity index is 1.95. The standard InChI is InChI=1S/C12H11N3O/c16-12(9-11-3-1-2-6-14-11)15-10-4-7-13-8-5-10/h1-8H,9H2,(H,13,15,16). The van der Waals surface area contributed by atoms with Crippen LogP contribution in [-0.4, -0.2) is 15.9 Å². The van der Waals surface area contributed by atoms with Crippen molar-refractivity contribution in [3.8, 4) is 0 Å². The predicted molar refractivity (Wildman–Crippen MR) is 60.8 cm³/mol. The molecule has 16 heavy (non-hydrogen) atoms. The van der Waals surface area contributed by atoms with E-state index in [0.717, 1.165) is 11.4 Å². The molecule has 1 N–H and O–H groups in total. The van der Waals surface area contributed by atoms with Crippen molar-refractivity contribution in [2.75, 3.05) is 5.32 Å². The molecule has 0 aromatic carbocycles. The number of pyridine rings is 2. The second-order valence-corrected chi connectivity index (χ2v) is 3.28. The van der Waals surface area contributed by atoms with Crippen molar-refractivity contribution in [3.05, 3.63) is 54.6 Å². The number of anilines is 1. The summed E-state index contributed by atoms with van der Waals surface area (Å²) in [6.45, 7) is 0. The molecule has 4 heteroatoms. The molecule has 0 aliphatic heterocycles. The first-order valence-electron chi connectivity index (χ1n) is 4.94. The zero-order valence-electron chi connectivity index (χ0n) is 8.63. The Morgan fingerprint density at radius 1 is 1.12 bits per heavy atom. The van der Waals surface area contributed by atoms with Gasteiger partial charge in [-0.15, -0.1) is 0 Å². The average molecular weight is 213 g/mol. The number of carbonyl (C=O) groups is 1. The van der Waals surface area contributed by atoms with Crippen LogP contribution in [0.2, 0.25) is 0 Å². The van der Waals surface area contributed by atoms with E-state index in [1.807, 2.05) is 18.2 Å². The zero-order chi connectivity index (χ0) is 11.2. The number of hydrogen-bond acceptors (Lipinski definition) is 3. The first kappa shape index (κ1) is 10.3. The molecule has 1 amide bonds. The van der Waals surface area contributed by atoms with Crippen LogP contribution in [0.1, 0.15) is 5.69 Å². The summed E-state index contributed by atoms with van der Waals surface area (Å²) in [5.74, 6) is -0.0788. The van der Waals surface area contributed by atoms with Crippen LogP contribution in [0.3, 0.4) is 0 Å². The topological polar surface area (TPSA) is 54.9 Å². The quantitative estimate of drug-likeness (QED) is 0.843. The summed E-state index contributed by atoms with van der Waals surface area (Å²) < 4.78 is 0. The van der Waals surface area contributed by atoms with Crippen molar-refractivity contribution in [1.29, 1.82) is 0 Å². The lowest BCUT2D eigenvalue weighted by molar-refractivity contribution is -0.115. The summed E-state index contributed by atoms with van der Waals surface area (Å²) in [6.07, 6.45) is 5.23. The minimum atomic E-state index is -0.0788. The van der Waals surface area contributed by atoms with Gasteiger partial charge in [-0.25, -0.2) is 0 Å². The highest BCUT2D eigenvalue weighted by atomic mass is 16.1. The molecule has 0 saturated heterocycles. The number of rotatable bonds is 3. The molecule has 0 unspecified atom stereocenters. The lowest BCUT2D eigenvalue weighted by Crippen LogP contribution is -2.14. The number of nitrogens with one attached hydrogen (secondary N) is 1. The van der Waals surface area contributed by atoms with E-state index < -0.39 is 0 Å². The number of aromatic nitrogens is 2. The highest BCUT2D eigenvalue weighted by Crippen LogP contribution is 2.04. The monoisotopic (exact) mass is 213 g/mol. The lowest BCUT2D eigenvalue weighted by Gasteiger charge is -2.03. The summed E-state index contributed by atoms with van der Waals surface area (Å²) in [6, 6.07) is 9.01. The van der Waals surface area contributed by atoms with E-state index in [1.54, 1.807) is 30.7 Å². The third-order valence-electron chi connectivity index (χ3n) is 2.03. The van der Waals surface area contributed by atoms with Gasteiger partial charge in [0.15, 0.2) is 0 Å². The van der Waals surface area contributed by atoms with Gasteiger partial charge in [0, 0.05) is 30.0 Å². The minimum Gasteiger partial charge on any atom is -0.326 e. The Morgan fingerprint density at radius 3 is 2.62 bits per heavy atom. The molecule has 0 saturated carbocycles. The van der Waals surface area contributed by atoms with Gasteiger partial charge in [-0.3, -0.25) is 14.8 Å². The van der Waals surface area contributed by atoms with Crippen LogP contribution < -0.4 is 5.32 Å². The van der Waals surface area contributed by atoms with Crippen LogP contribution >= 0.6 is 0 Å². The van der Waals surface area contributed by atoms with Crippen LogP contribution in [0, 0.1) is 0 Å². The van der Waals surface area contributed by atoms with Gasteiger partial charge >= 0.3 is 0 Å². The number of amides is 1. The summed E-state index contributed by atoms with van der Waals surface area (Å²) in [7, 11) is 0. The van der Waals surface area contributed by atoms with Crippen molar-refractivity contribution >= 4 is 11.6 Å². The van der Waals surface area contributed by atoms with Crippen LogP contribution in [0.4, 0.5) is 5.69 Å². The summed E-state index contributed by atoms with van der Waals surface area (Å²) in [4.78, 5) is 19.6. The van der Waals surface area contributed by atoms with Crippen LogP contribution in [0.25, 0.3) is 0 Å². The van der Waals surface area contributed by atoms with Gasteiger partial charge in [-0.1, -0.05) is 6.07 Å². The molecule has 0 radical (unpaired) electrons. The van der Waals surface area contributed by atoms with Gasteiger partial charge in [0.25, 0.3) is 0 Å². The van der Waals surface area contributed by atoms with E-state index in [2.05, 4.69) is 15.3 Å². The third kappa shape index (κ3) is 2.88. The Kier molecular flexibility index (Phi) is 3.23. The van der Waals surface area contributed by atoms with Crippen LogP contribution in [0.15, 0.2) is 48.9 Å². The van der Waals surface area contributed by atoms with E-state index in [0.29, 0.717) is 0 Å². The van der Waals surface area contributed by atoms with Crippen molar-refractivity contribution in [1.82, 2.24) is 9.97 Å². The molecule has 4 nitrogen and oxygen atoms in total. The van der Waals surface area contributed by atoms with Gasteiger partial charge in [0.1, 0.15) is 0 Å². The first-order valence-corrected chi connectivity index (χ1v) is 4.94. The van der Waals surface area contributed by atoms with Crippen molar-refractivity contribution in [3.63, 3.8) is 0 Å². The van der Waals surface area contributed by atoms with E-state index in [-0.39, 0.29) is 12.3 Å². The number of hydrogen-bond donors (Lipinski definition) is 1. The van der Waals surface area contributed by atoms with Gasteiger partial charge in [0.2, 0.25) is 5.91 Å². The molecule has 2 heterocycles. The third-order valence-corrected chi connectivity index (χ3v) is 2.03. The maximum atomic E-state index is 11.6. The van der Waals surface area contributed by atoms with Crippen LogP contribution in [-0.2, 0) is 11.2 Å². The Hall–Kier alpha value is -2.23. The maximum absolute atomic E-state index is 11.6. The molecule has 0 aliphatic rings. The molecule has 0 aliphatic carbocycles. The number of nitrogens with zero attached hydrogens (tertiary/aromatic N) is 2. The molecule has 0 bridgehead atoms. The average Bonchev–Trinajstić information content (AvgIpc) is 2.31. The Bertz CT molecular complexity index is 413. The van der Waals surface area contributed by atoms with Crippen molar-refractivity contribution in [2.45, 2.75) is 6.42 Å². The second-order valence-electron chi connectivity index (χ2n) is 3.28. The molecular weight excluding hydrogens is 202 g/mol. The van der Waals surface area contributed by atoms with Gasteiger partial charge in [-0.05, 0) is 24.3 Å². The SMILES string of the molecule is O=C(Cc1ccccn1)Nc1ccncc1. The molecule has 2 rings (SSSR count). The van der Waals surface area contributed by atoms with Gasteiger partial charge < -0.3 is 5.32 Å². The van der Waals surface area contributed by atoms with E-state index in [9.17, 15) is 4.79 Å². The highest BCUT2D eigenvalue weighted by Gasteiger charge is 2.03. The zero-order valence-corrected chi connectivity index (χ0v) is 8.63. The van der Waals surface area contributed by atoms with E-state index in [4.69, 9.17) is 0 Å². The summed E-state index contributed by atoms with van der Waals surface area (Å²) in [5, 5.41) is 2.77. The van der Waals surface area contributed by atoms with Crippen molar-refractivity contribution in [2.24, 2.45) is 0 Å². The first-order chi connectivity index (χ1) is 7.84. The van der Waals surface area contributed by atoms with Crippen LogP contribution in [0.5, 0.6) is 0 Å². The Labute approximate surface area is 93.4 Å². The fourth-order valence-corrected chi connectivity index (χ4v) is 1.31. The molecular formula is C12H11N3O. The molecule has 0 spiro atoms. The van der Waals surface area contributed by atoms with E-state index >= 15 is 0 Å². The smallest absolute Gasteiger partial charge is 0.230 e. The van der Waals surface area contributed by atoms with Gasteiger partial charge in [-0.2, -0.15) is 0 Å². The second kappa shape index (κ2) is 5.02. The highest BCUT2D eigenvalue weighted by molar-refractivity contribution is 5.91. The molecule has 80 valence electrons. The maximum Gasteiger partial charge on any atom is 0.230 e. The minimum absolute atomic E-state index is 0.0788. The van der Waals surface area contributed by atoms with Gasteiger partial charge in [0.05, 0.1) is 6.42 Å². The normalized spacial score (nSPS) is 9.75. The van der Waals surface area contributed by atoms with Crippen molar-refractivity contribution < 1.29 is 4.79 Å². The molecule has 2 aromatic rings. The lowest BCUT2D eigenvalue weighted by atomic mass is 10.2.